The summed E-state index contributed by atoms with van der Waals surface area (Å²) < 4.78 is 35.8. The first kappa shape index (κ1) is 37.6. The Balaban J connectivity index is 0.000000167. The Morgan fingerprint density at radius 2 is 1.04 bits per heavy atom. The molecule has 0 saturated carbocycles. The molecule has 8 nitrogen and oxygen atoms in total. The Morgan fingerprint density at radius 1 is 0.611 bits per heavy atom. The van der Waals surface area contributed by atoms with Gasteiger partial charge >= 0.3 is 0 Å². The molecule has 2 N–H and O–H groups in total. The molecule has 0 radical (unpaired) electrons. The van der Waals surface area contributed by atoms with Gasteiger partial charge in [-0.15, -0.1) is 0 Å². The SMILES string of the molecule is CCCOc1ccc([C@@H]2COc3c(ccc4c3CCC(C)(C)O4)C2)c(O)c1.CCCOc1ccc([C@@H]2COc3c(ccc4c3CCC(C)(C)O4)C2)c(O)c1. The van der Waals surface area contributed by atoms with Gasteiger partial charge in [0.15, 0.2) is 0 Å². The summed E-state index contributed by atoms with van der Waals surface area (Å²) in [5.41, 5.74) is 6.37. The van der Waals surface area contributed by atoms with E-state index >= 15 is 0 Å². The van der Waals surface area contributed by atoms with Crippen molar-refractivity contribution in [3.63, 3.8) is 0 Å². The number of hydrogen-bond donors (Lipinski definition) is 2. The average molecular weight is 737 g/mol. The second kappa shape index (κ2) is 15.6. The van der Waals surface area contributed by atoms with Gasteiger partial charge in [-0.05, 0) is 114 Å². The number of aromatic hydroxyl groups is 2. The summed E-state index contributed by atoms with van der Waals surface area (Å²) in [6.45, 7) is 15.1. The Bertz CT molecular complexity index is 1820. The summed E-state index contributed by atoms with van der Waals surface area (Å²) in [6.07, 6.45) is 7.54. The van der Waals surface area contributed by atoms with Crippen molar-refractivity contribution >= 4 is 0 Å². The Morgan fingerprint density at radius 3 is 1.43 bits per heavy atom. The van der Waals surface area contributed by atoms with Crippen molar-refractivity contribution in [1.29, 1.82) is 0 Å². The number of benzene rings is 4. The molecule has 4 aromatic carbocycles. The van der Waals surface area contributed by atoms with Crippen LogP contribution in [0.4, 0.5) is 0 Å². The van der Waals surface area contributed by atoms with Crippen molar-refractivity contribution in [2.45, 2.75) is 116 Å². The number of hydrogen-bond acceptors (Lipinski definition) is 8. The van der Waals surface area contributed by atoms with Crippen LogP contribution in [-0.2, 0) is 25.7 Å². The molecule has 8 rings (SSSR count). The lowest BCUT2D eigenvalue weighted by Gasteiger charge is -2.35. The maximum absolute atomic E-state index is 10.5. The fraction of sp³-hybridized carbons (Fsp3) is 0.478. The molecule has 4 heterocycles. The summed E-state index contributed by atoms with van der Waals surface area (Å²) in [5, 5.41) is 21.0. The fourth-order valence-electron chi connectivity index (χ4n) is 7.98. The van der Waals surface area contributed by atoms with Crippen molar-refractivity contribution in [1.82, 2.24) is 0 Å². The zero-order valence-corrected chi connectivity index (χ0v) is 32.8. The lowest BCUT2D eigenvalue weighted by Crippen LogP contribution is -2.33. The number of ether oxygens (including phenoxy) is 6. The first-order chi connectivity index (χ1) is 25.9. The highest BCUT2D eigenvalue weighted by molar-refractivity contribution is 5.55. The molecule has 8 heteroatoms. The lowest BCUT2D eigenvalue weighted by atomic mass is 9.86. The van der Waals surface area contributed by atoms with E-state index in [0.717, 1.165) is 85.5 Å². The summed E-state index contributed by atoms with van der Waals surface area (Å²) in [6, 6.07) is 19.6. The van der Waals surface area contributed by atoms with E-state index in [1.807, 2.05) is 24.3 Å². The topological polar surface area (TPSA) is 95.8 Å². The minimum atomic E-state index is -0.119. The third-order valence-corrected chi connectivity index (χ3v) is 10.9. The number of rotatable bonds is 8. The van der Waals surface area contributed by atoms with Crippen LogP contribution < -0.4 is 28.4 Å². The highest BCUT2D eigenvalue weighted by atomic mass is 16.5. The maximum atomic E-state index is 10.5. The van der Waals surface area contributed by atoms with Crippen LogP contribution in [0, 0.1) is 0 Å². The van der Waals surface area contributed by atoms with E-state index in [1.54, 1.807) is 12.1 Å². The zero-order valence-electron chi connectivity index (χ0n) is 32.8. The second-order valence-corrected chi connectivity index (χ2v) is 16.3. The van der Waals surface area contributed by atoms with Crippen LogP contribution in [0.5, 0.6) is 46.0 Å². The molecule has 0 bridgehead atoms. The van der Waals surface area contributed by atoms with E-state index < -0.39 is 0 Å². The van der Waals surface area contributed by atoms with Crippen molar-refractivity contribution in [3.8, 4) is 46.0 Å². The molecule has 0 spiro atoms. The molecule has 0 unspecified atom stereocenters. The predicted octanol–water partition coefficient (Wildman–Crippen LogP) is 10.0. The van der Waals surface area contributed by atoms with Gasteiger partial charge in [-0.25, -0.2) is 0 Å². The van der Waals surface area contributed by atoms with E-state index in [2.05, 4.69) is 65.8 Å². The molecule has 4 aliphatic rings. The van der Waals surface area contributed by atoms with Gasteiger partial charge in [-0.3, -0.25) is 0 Å². The zero-order chi connectivity index (χ0) is 38.0. The average Bonchev–Trinajstić information content (AvgIpc) is 3.15. The van der Waals surface area contributed by atoms with Gasteiger partial charge in [-0.1, -0.05) is 38.1 Å². The van der Waals surface area contributed by atoms with Crippen LogP contribution in [0.15, 0.2) is 60.7 Å². The van der Waals surface area contributed by atoms with Crippen molar-refractivity contribution in [3.05, 3.63) is 94.0 Å². The molecule has 54 heavy (non-hydrogen) atoms. The second-order valence-electron chi connectivity index (χ2n) is 16.3. The van der Waals surface area contributed by atoms with E-state index in [4.69, 9.17) is 28.4 Å². The third kappa shape index (κ3) is 8.18. The summed E-state index contributed by atoms with van der Waals surface area (Å²) in [7, 11) is 0. The number of phenols is 2. The molecule has 0 aliphatic carbocycles. The highest BCUT2D eigenvalue weighted by Crippen LogP contribution is 2.47. The minimum absolute atomic E-state index is 0.119. The van der Waals surface area contributed by atoms with Crippen molar-refractivity contribution in [2.24, 2.45) is 0 Å². The molecule has 0 fully saturated rings. The Hall–Kier alpha value is -4.72. The first-order valence-corrected chi connectivity index (χ1v) is 19.8. The highest BCUT2D eigenvalue weighted by Gasteiger charge is 2.34. The molecule has 0 saturated heterocycles. The van der Waals surface area contributed by atoms with Crippen LogP contribution in [0.2, 0.25) is 0 Å². The van der Waals surface area contributed by atoms with Crippen molar-refractivity contribution < 1.29 is 38.6 Å². The predicted molar refractivity (Wildman–Crippen MR) is 211 cm³/mol. The van der Waals surface area contributed by atoms with E-state index in [0.29, 0.717) is 37.9 Å². The van der Waals surface area contributed by atoms with E-state index in [1.165, 1.54) is 22.3 Å². The molecule has 2 atom stereocenters. The Labute approximate surface area is 320 Å². The smallest absolute Gasteiger partial charge is 0.129 e. The standard InChI is InChI=1S/2C23H28O4/c2*1-4-11-25-17-6-7-18(20(24)13-17)16-12-15-5-8-21-19(22(15)26-14-16)9-10-23(2,3)27-21/h2*5-8,13,16,24H,4,9-12,14H2,1-3H3/t2*16-/m00/s1. The minimum Gasteiger partial charge on any atom is -0.508 e. The van der Waals surface area contributed by atoms with Crippen LogP contribution in [-0.4, -0.2) is 47.8 Å². The summed E-state index contributed by atoms with van der Waals surface area (Å²) in [5.74, 6) is 6.13. The largest absolute Gasteiger partial charge is 0.508 e. The molecule has 4 aliphatic heterocycles. The lowest BCUT2D eigenvalue weighted by molar-refractivity contribution is 0.0822. The molecular formula is C46H56O8. The molecule has 4 aromatic rings. The van der Waals surface area contributed by atoms with Crippen LogP contribution in [0.25, 0.3) is 0 Å². The number of phenolic OH excluding ortho intramolecular Hbond substituents is 2. The van der Waals surface area contributed by atoms with E-state index in [-0.39, 0.29) is 34.5 Å². The summed E-state index contributed by atoms with van der Waals surface area (Å²) >= 11 is 0. The normalized spacial score (nSPS) is 20.0. The van der Waals surface area contributed by atoms with Gasteiger partial charge < -0.3 is 38.6 Å². The monoisotopic (exact) mass is 736 g/mol. The molecular weight excluding hydrogens is 680 g/mol. The van der Waals surface area contributed by atoms with Crippen LogP contribution in [0.3, 0.4) is 0 Å². The first-order valence-electron chi connectivity index (χ1n) is 19.8. The summed E-state index contributed by atoms with van der Waals surface area (Å²) in [4.78, 5) is 0. The molecule has 288 valence electrons. The van der Waals surface area contributed by atoms with Gasteiger partial charge in [0.2, 0.25) is 0 Å². The van der Waals surface area contributed by atoms with Crippen LogP contribution in [0.1, 0.15) is 112 Å². The fourth-order valence-corrected chi connectivity index (χ4v) is 7.98. The number of fused-ring (bicyclic) bond motifs is 6. The van der Waals surface area contributed by atoms with Crippen molar-refractivity contribution in [2.75, 3.05) is 26.4 Å². The third-order valence-electron chi connectivity index (χ3n) is 10.9. The molecule has 0 aromatic heterocycles. The van der Waals surface area contributed by atoms with Crippen LogP contribution >= 0.6 is 0 Å². The van der Waals surface area contributed by atoms with Gasteiger partial charge in [0, 0.05) is 46.2 Å². The van der Waals surface area contributed by atoms with Gasteiger partial charge in [0.05, 0.1) is 26.4 Å². The van der Waals surface area contributed by atoms with E-state index in [9.17, 15) is 10.2 Å². The van der Waals surface area contributed by atoms with Gasteiger partial charge in [0.25, 0.3) is 0 Å². The Kier molecular flexibility index (Phi) is 10.8. The van der Waals surface area contributed by atoms with Gasteiger partial charge in [0.1, 0.15) is 57.2 Å². The van der Waals surface area contributed by atoms with Gasteiger partial charge in [-0.2, -0.15) is 0 Å². The maximum Gasteiger partial charge on any atom is 0.129 e. The molecule has 0 amide bonds. The quantitative estimate of drug-likeness (QED) is 0.185.